The number of benzene rings is 2. The van der Waals surface area contributed by atoms with E-state index in [9.17, 15) is 0 Å². The Hall–Kier alpha value is 0.140. The van der Waals surface area contributed by atoms with Crippen molar-refractivity contribution in [1.29, 1.82) is 0 Å². The Morgan fingerprint density at radius 1 is 1.00 bits per heavy atom. The van der Waals surface area contributed by atoms with Crippen molar-refractivity contribution in [2.45, 2.75) is 8.06 Å². The second-order valence-corrected chi connectivity index (χ2v) is 8.22. The summed E-state index contributed by atoms with van der Waals surface area (Å²) in [6.45, 7) is 0. The summed E-state index contributed by atoms with van der Waals surface area (Å²) in [6.07, 6.45) is 0. The molecule has 1 atom stereocenters. The zero-order valence-corrected chi connectivity index (χ0v) is 12.4. The first-order chi connectivity index (χ1) is 7.12. The van der Waals surface area contributed by atoms with Crippen LogP contribution in [0.5, 0.6) is 0 Å². The van der Waals surface area contributed by atoms with Crippen LogP contribution in [0.2, 0.25) is 0 Å². The topological polar surface area (TPSA) is 0 Å². The smallest absolute Gasteiger partial charge is 0.0810 e. The minimum atomic E-state index is -0.177. The Morgan fingerprint density at radius 3 is 2.40 bits per heavy atom. The maximum atomic E-state index is 3.75. The molecular formula is C12H7Br3. The molecule has 0 saturated carbocycles. The zero-order chi connectivity index (χ0) is 10.6. The van der Waals surface area contributed by atoms with Gasteiger partial charge >= 0.3 is 0 Å². The summed E-state index contributed by atoms with van der Waals surface area (Å²) in [7, 11) is 0. The molecule has 2 aromatic carbocycles. The average molecular weight is 391 g/mol. The van der Waals surface area contributed by atoms with E-state index >= 15 is 0 Å². The largest absolute Gasteiger partial charge is 0.122 e. The molecule has 0 radical (unpaired) electrons. The van der Waals surface area contributed by atoms with Gasteiger partial charge in [-0.2, -0.15) is 0 Å². The Balaban J connectivity index is 2.51. The predicted molar refractivity (Wildman–Crippen MR) is 75.1 cm³/mol. The predicted octanol–water partition coefficient (Wildman–Crippen LogP) is 5.23. The van der Waals surface area contributed by atoms with Crippen molar-refractivity contribution < 1.29 is 0 Å². The van der Waals surface area contributed by atoms with Crippen LogP contribution in [0.15, 0.2) is 36.4 Å². The van der Waals surface area contributed by atoms with Gasteiger partial charge in [-0.3, -0.25) is 0 Å². The molecule has 1 unspecified atom stereocenters. The first-order valence-electron chi connectivity index (χ1n) is 4.66. The summed E-state index contributed by atoms with van der Waals surface area (Å²) >= 11 is 11.2. The maximum Gasteiger partial charge on any atom is 0.122 e. The number of rotatable bonds is 0. The second kappa shape index (κ2) is 3.31. The van der Waals surface area contributed by atoms with Gasteiger partial charge in [0.05, 0.1) is 4.83 Å². The van der Waals surface area contributed by atoms with Gasteiger partial charge < -0.3 is 0 Å². The maximum absolute atomic E-state index is 3.75. The van der Waals surface area contributed by atoms with Crippen LogP contribution in [0, 0.1) is 0 Å². The lowest BCUT2D eigenvalue weighted by Crippen LogP contribution is -2.08. The minimum absolute atomic E-state index is 0.177. The molecule has 0 heterocycles. The van der Waals surface area contributed by atoms with Gasteiger partial charge in [-0.1, -0.05) is 84.2 Å². The van der Waals surface area contributed by atoms with E-state index in [-0.39, 0.29) is 8.06 Å². The molecule has 76 valence electrons. The zero-order valence-electron chi connectivity index (χ0n) is 7.68. The summed E-state index contributed by atoms with van der Waals surface area (Å²) in [6, 6.07) is 12.9. The fourth-order valence-electron chi connectivity index (χ4n) is 2.19. The Bertz CT molecular complexity index is 540. The van der Waals surface area contributed by atoms with Gasteiger partial charge in [0.2, 0.25) is 0 Å². The third kappa shape index (κ3) is 1.29. The Morgan fingerprint density at radius 2 is 1.67 bits per heavy atom. The van der Waals surface area contributed by atoms with E-state index in [0.29, 0.717) is 0 Å². The van der Waals surface area contributed by atoms with Gasteiger partial charge in [0.15, 0.2) is 0 Å². The van der Waals surface area contributed by atoms with Crippen molar-refractivity contribution >= 4 is 58.6 Å². The van der Waals surface area contributed by atoms with Gasteiger partial charge in [-0.05, 0) is 21.9 Å². The van der Waals surface area contributed by atoms with E-state index in [0.717, 1.165) is 0 Å². The number of hydrogen-bond donors (Lipinski definition) is 0. The summed E-state index contributed by atoms with van der Waals surface area (Å²) in [5.41, 5.74) is 2.65. The van der Waals surface area contributed by atoms with Crippen molar-refractivity contribution in [3.63, 3.8) is 0 Å². The highest BCUT2D eigenvalue weighted by Crippen LogP contribution is 2.60. The molecule has 0 bridgehead atoms. The van der Waals surface area contributed by atoms with Crippen LogP contribution >= 0.6 is 47.8 Å². The Labute approximate surface area is 113 Å². The second-order valence-electron chi connectivity index (χ2n) is 3.74. The van der Waals surface area contributed by atoms with Crippen molar-refractivity contribution in [2.75, 3.05) is 0 Å². The van der Waals surface area contributed by atoms with Crippen LogP contribution in [-0.2, 0) is 3.23 Å². The third-order valence-corrected chi connectivity index (χ3v) is 7.07. The first-order valence-corrected chi connectivity index (χ1v) is 7.16. The van der Waals surface area contributed by atoms with E-state index in [2.05, 4.69) is 84.2 Å². The first kappa shape index (κ1) is 10.3. The molecule has 0 spiro atoms. The lowest BCUT2D eigenvalue weighted by atomic mass is 10.1. The SMILES string of the molecule is BrC1c2cccc3cccc(c23)C1(Br)Br. The molecule has 0 aromatic heterocycles. The molecule has 0 amide bonds. The highest BCUT2D eigenvalue weighted by molar-refractivity contribution is 9.25. The van der Waals surface area contributed by atoms with Crippen molar-refractivity contribution in [2.24, 2.45) is 0 Å². The molecule has 15 heavy (non-hydrogen) atoms. The molecular weight excluding hydrogens is 384 g/mol. The molecule has 3 rings (SSSR count). The van der Waals surface area contributed by atoms with Crippen molar-refractivity contribution in [3.05, 3.63) is 47.5 Å². The highest BCUT2D eigenvalue weighted by Gasteiger charge is 2.42. The highest BCUT2D eigenvalue weighted by atomic mass is 79.9. The van der Waals surface area contributed by atoms with Crippen LogP contribution in [0.3, 0.4) is 0 Å². The number of hydrogen-bond acceptors (Lipinski definition) is 0. The van der Waals surface area contributed by atoms with Crippen LogP contribution < -0.4 is 0 Å². The molecule has 0 aliphatic heterocycles. The summed E-state index contributed by atoms with van der Waals surface area (Å²) in [4.78, 5) is 0.270. The van der Waals surface area contributed by atoms with Gasteiger partial charge in [0.1, 0.15) is 3.23 Å². The van der Waals surface area contributed by atoms with E-state index in [1.807, 2.05) is 0 Å². The number of alkyl halides is 3. The normalized spacial score (nSPS) is 22.2. The van der Waals surface area contributed by atoms with Gasteiger partial charge in [-0.15, -0.1) is 0 Å². The molecule has 2 aromatic rings. The monoisotopic (exact) mass is 388 g/mol. The summed E-state index contributed by atoms with van der Waals surface area (Å²) in [5.74, 6) is 0. The summed E-state index contributed by atoms with van der Waals surface area (Å²) in [5, 5.41) is 2.66. The van der Waals surface area contributed by atoms with Gasteiger partial charge in [0, 0.05) is 0 Å². The van der Waals surface area contributed by atoms with Crippen molar-refractivity contribution in [1.82, 2.24) is 0 Å². The molecule has 0 nitrogen and oxygen atoms in total. The average Bonchev–Trinajstić information content (AvgIpc) is 2.43. The van der Waals surface area contributed by atoms with Crippen LogP contribution in [-0.4, -0.2) is 0 Å². The minimum Gasteiger partial charge on any atom is -0.0810 e. The standard InChI is InChI=1S/C12H7Br3/c13-11-8-5-1-3-7-4-2-6-9(10(7)8)12(11,14)15/h1-6,11H. The molecule has 0 saturated heterocycles. The fourth-order valence-corrected chi connectivity index (χ4v) is 3.97. The van der Waals surface area contributed by atoms with Crippen LogP contribution in [0.25, 0.3) is 10.8 Å². The molecule has 1 aliphatic carbocycles. The Kier molecular flexibility index (Phi) is 2.28. The van der Waals surface area contributed by atoms with E-state index in [1.54, 1.807) is 0 Å². The molecule has 0 fully saturated rings. The molecule has 3 heteroatoms. The lowest BCUT2D eigenvalue weighted by Gasteiger charge is -2.19. The van der Waals surface area contributed by atoms with Gasteiger partial charge in [0.25, 0.3) is 0 Å². The number of halogens is 3. The van der Waals surface area contributed by atoms with E-state index in [1.165, 1.54) is 21.9 Å². The quantitative estimate of drug-likeness (QED) is 0.540. The summed E-state index contributed by atoms with van der Waals surface area (Å²) < 4.78 is -0.177. The lowest BCUT2D eigenvalue weighted by molar-refractivity contribution is 0.945. The van der Waals surface area contributed by atoms with Gasteiger partial charge in [-0.25, -0.2) is 0 Å². The van der Waals surface area contributed by atoms with E-state index in [4.69, 9.17) is 0 Å². The van der Waals surface area contributed by atoms with E-state index < -0.39 is 0 Å². The fraction of sp³-hybridized carbons (Fsp3) is 0.167. The van der Waals surface area contributed by atoms with Crippen LogP contribution in [0.4, 0.5) is 0 Å². The van der Waals surface area contributed by atoms with Crippen LogP contribution in [0.1, 0.15) is 16.0 Å². The molecule has 1 aliphatic rings. The molecule has 0 N–H and O–H groups in total. The van der Waals surface area contributed by atoms with Crippen molar-refractivity contribution in [3.8, 4) is 0 Å². The third-order valence-electron chi connectivity index (χ3n) is 2.89.